The normalized spacial score (nSPS) is 11.0. The lowest BCUT2D eigenvalue weighted by molar-refractivity contribution is 0.284. The number of hydrogen-bond acceptors (Lipinski definition) is 5. The van der Waals surface area contributed by atoms with Gasteiger partial charge in [0.1, 0.15) is 17.3 Å². The summed E-state index contributed by atoms with van der Waals surface area (Å²) >= 11 is 1.53. The number of hydrogen-bond donors (Lipinski definition) is 1. The van der Waals surface area contributed by atoms with Gasteiger partial charge in [0.2, 0.25) is 0 Å². The molecular formula is C22H20N2O3S. The molecule has 0 aliphatic rings. The van der Waals surface area contributed by atoms with E-state index in [1.165, 1.54) is 11.3 Å². The molecule has 1 N–H and O–H groups in total. The molecule has 0 fully saturated rings. The third-order valence-electron chi connectivity index (χ3n) is 4.71. The number of aromatic amines is 1. The van der Waals surface area contributed by atoms with Gasteiger partial charge in [-0.2, -0.15) is 0 Å². The quantitative estimate of drug-likeness (QED) is 0.527. The van der Waals surface area contributed by atoms with Crippen LogP contribution in [0.4, 0.5) is 0 Å². The molecule has 142 valence electrons. The van der Waals surface area contributed by atoms with Crippen molar-refractivity contribution in [3.8, 4) is 22.9 Å². The molecule has 0 amide bonds. The van der Waals surface area contributed by atoms with Crippen molar-refractivity contribution in [2.75, 3.05) is 7.11 Å². The van der Waals surface area contributed by atoms with Gasteiger partial charge in [0.25, 0.3) is 5.56 Å². The predicted molar refractivity (Wildman–Crippen MR) is 112 cm³/mol. The number of nitrogens with one attached hydrogen (secondary N) is 1. The fourth-order valence-corrected chi connectivity index (χ4v) is 4.09. The van der Waals surface area contributed by atoms with Crippen LogP contribution in [0.2, 0.25) is 0 Å². The van der Waals surface area contributed by atoms with E-state index in [0.717, 1.165) is 26.4 Å². The molecule has 2 heterocycles. The van der Waals surface area contributed by atoms with Gasteiger partial charge < -0.3 is 14.5 Å². The number of ether oxygens (including phenoxy) is 2. The lowest BCUT2D eigenvalue weighted by Crippen LogP contribution is -2.09. The number of nitrogens with zero attached hydrogens (tertiary/aromatic N) is 1. The number of thiophene rings is 1. The van der Waals surface area contributed by atoms with Crippen LogP contribution in [0.25, 0.3) is 21.6 Å². The van der Waals surface area contributed by atoms with Crippen LogP contribution < -0.4 is 15.0 Å². The minimum atomic E-state index is -0.120. The number of aromatic nitrogens is 2. The second-order valence-corrected chi connectivity index (χ2v) is 7.72. The lowest BCUT2D eigenvalue weighted by atomic mass is 10.1. The molecule has 0 bridgehead atoms. The monoisotopic (exact) mass is 392 g/mol. The van der Waals surface area contributed by atoms with Crippen LogP contribution in [0.1, 0.15) is 16.0 Å². The number of aryl methyl sites for hydroxylation is 2. The van der Waals surface area contributed by atoms with Gasteiger partial charge in [-0.05, 0) is 43.2 Å². The summed E-state index contributed by atoms with van der Waals surface area (Å²) in [5.74, 6) is 1.75. The highest BCUT2D eigenvalue weighted by molar-refractivity contribution is 7.18. The van der Waals surface area contributed by atoms with E-state index in [1.54, 1.807) is 7.11 Å². The van der Waals surface area contributed by atoms with Crippen LogP contribution in [0.15, 0.2) is 53.3 Å². The van der Waals surface area contributed by atoms with Crippen molar-refractivity contribution in [2.45, 2.75) is 20.5 Å². The average Bonchev–Trinajstić information content (AvgIpc) is 3.01. The Balaban J connectivity index is 1.67. The average molecular weight is 392 g/mol. The Bertz CT molecular complexity index is 1200. The van der Waals surface area contributed by atoms with Crippen molar-refractivity contribution in [1.82, 2.24) is 9.97 Å². The second-order valence-electron chi connectivity index (χ2n) is 6.52. The zero-order valence-corrected chi connectivity index (χ0v) is 16.7. The third kappa shape index (κ3) is 3.39. The molecule has 0 radical (unpaired) electrons. The van der Waals surface area contributed by atoms with Crippen LogP contribution in [0.5, 0.6) is 11.5 Å². The summed E-state index contributed by atoms with van der Waals surface area (Å²) in [6.07, 6.45) is 0. The maximum absolute atomic E-state index is 12.5. The standard InChI is InChI=1S/C22H20N2O3S/c1-13-14(2)28-22-19(13)21(25)23-20(24-22)16-9-10-17(18(11-16)26-3)27-12-15-7-5-4-6-8-15/h4-11H,12H2,1-3H3,(H,23,24,25). The van der Waals surface area contributed by atoms with Crippen molar-refractivity contribution in [2.24, 2.45) is 0 Å². The molecule has 5 nitrogen and oxygen atoms in total. The summed E-state index contributed by atoms with van der Waals surface area (Å²) in [5.41, 5.74) is 2.72. The Morgan fingerprint density at radius 3 is 2.61 bits per heavy atom. The van der Waals surface area contributed by atoms with E-state index in [-0.39, 0.29) is 5.56 Å². The van der Waals surface area contributed by atoms with Gasteiger partial charge in [0, 0.05) is 10.4 Å². The second kappa shape index (κ2) is 7.48. The Morgan fingerprint density at radius 1 is 1.07 bits per heavy atom. The fraction of sp³-hybridized carbons (Fsp3) is 0.182. The van der Waals surface area contributed by atoms with E-state index >= 15 is 0 Å². The number of benzene rings is 2. The molecule has 0 atom stereocenters. The van der Waals surface area contributed by atoms with E-state index in [2.05, 4.69) is 9.97 Å². The van der Waals surface area contributed by atoms with Gasteiger partial charge in [-0.3, -0.25) is 4.79 Å². The van der Waals surface area contributed by atoms with E-state index < -0.39 is 0 Å². The first-order chi connectivity index (χ1) is 13.6. The molecule has 6 heteroatoms. The van der Waals surface area contributed by atoms with Crippen LogP contribution in [-0.4, -0.2) is 17.1 Å². The van der Waals surface area contributed by atoms with Crippen LogP contribution in [0.3, 0.4) is 0 Å². The van der Waals surface area contributed by atoms with Crippen LogP contribution in [-0.2, 0) is 6.61 Å². The van der Waals surface area contributed by atoms with E-state index in [9.17, 15) is 4.79 Å². The highest BCUT2D eigenvalue weighted by atomic mass is 32.1. The van der Waals surface area contributed by atoms with Crippen molar-refractivity contribution < 1.29 is 9.47 Å². The Kier molecular flexibility index (Phi) is 4.88. The Morgan fingerprint density at radius 2 is 1.86 bits per heavy atom. The van der Waals surface area contributed by atoms with Crippen molar-refractivity contribution >= 4 is 21.6 Å². The van der Waals surface area contributed by atoms with Gasteiger partial charge >= 0.3 is 0 Å². The van der Waals surface area contributed by atoms with E-state index in [1.807, 2.05) is 62.4 Å². The Labute approximate surface area is 166 Å². The first-order valence-electron chi connectivity index (χ1n) is 8.92. The maximum Gasteiger partial charge on any atom is 0.260 e. The highest BCUT2D eigenvalue weighted by Crippen LogP contribution is 2.33. The van der Waals surface area contributed by atoms with Gasteiger partial charge in [-0.15, -0.1) is 11.3 Å². The van der Waals surface area contributed by atoms with Gasteiger partial charge in [0.15, 0.2) is 11.5 Å². The molecule has 4 aromatic rings. The molecule has 0 aliphatic carbocycles. The van der Waals surface area contributed by atoms with Gasteiger partial charge in [-0.25, -0.2) is 4.98 Å². The largest absolute Gasteiger partial charge is 0.493 e. The maximum atomic E-state index is 12.5. The SMILES string of the molecule is COc1cc(-c2nc3sc(C)c(C)c3c(=O)[nH]2)ccc1OCc1ccccc1. The summed E-state index contributed by atoms with van der Waals surface area (Å²) in [6, 6.07) is 15.5. The third-order valence-corrected chi connectivity index (χ3v) is 5.81. The van der Waals surface area contributed by atoms with E-state index in [4.69, 9.17) is 9.47 Å². The molecule has 4 rings (SSSR count). The predicted octanol–water partition coefficient (Wildman–Crippen LogP) is 4.86. The zero-order valence-electron chi connectivity index (χ0n) is 15.9. The summed E-state index contributed by atoms with van der Waals surface area (Å²) in [6.45, 7) is 4.40. The summed E-state index contributed by atoms with van der Waals surface area (Å²) in [5, 5.41) is 0.668. The van der Waals surface area contributed by atoms with Crippen LogP contribution >= 0.6 is 11.3 Å². The van der Waals surface area contributed by atoms with Crippen molar-refractivity contribution in [3.05, 3.63) is 74.9 Å². The summed E-state index contributed by atoms with van der Waals surface area (Å²) in [7, 11) is 1.60. The molecule has 0 aliphatic heterocycles. The molecule has 0 saturated heterocycles. The van der Waals surface area contributed by atoms with E-state index in [0.29, 0.717) is 29.3 Å². The number of fused-ring (bicyclic) bond motifs is 1. The number of H-pyrrole nitrogens is 1. The Hall–Kier alpha value is -3.12. The molecule has 2 aromatic heterocycles. The minimum Gasteiger partial charge on any atom is -0.493 e. The summed E-state index contributed by atoms with van der Waals surface area (Å²) < 4.78 is 11.4. The zero-order chi connectivity index (χ0) is 19.7. The molecule has 0 spiro atoms. The van der Waals surface area contributed by atoms with Crippen molar-refractivity contribution in [1.29, 1.82) is 0 Å². The smallest absolute Gasteiger partial charge is 0.260 e. The summed E-state index contributed by atoms with van der Waals surface area (Å²) in [4.78, 5) is 21.9. The fourth-order valence-electron chi connectivity index (χ4n) is 3.06. The first-order valence-corrected chi connectivity index (χ1v) is 9.73. The van der Waals surface area contributed by atoms with Gasteiger partial charge in [-0.1, -0.05) is 30.3 Å². The molecule has 0 unspecified atom stereocenters. The molecule has 28 heavy (non-hydrogen) atoms. The van der Waals surface area contributed by atoms with Crippen molar-refractivity contribution in [3.63, 3.8) is 0 Å². The topological polar surface area (TPSA) is 64.2 Å². The molecule has 0 saturated carbocycles. The van der Waals surface area contributed by atoms with Gasteiger partial charge in [0.05, 0.1) is 12.5 Å². The number of methoxy groups -OCH3 is 1. The highest BCUT2D eigenvalue weighted by Gasteiger charge is 2.14. The van der Waals surface area contributed by atoms with Crippen LogP contribution in [0, 0.1) is 13.8 Å². The molecular weight excluding hydrogens is 372 g/mol. The molecule has 2 aromatic carbocycles. The minimum absolute atomic E-state index is 0.120. The number of rotatable bonds is 5. The lowest BCUT2D eigenvalue weighted by Gasteiger charge is -2.12. The first kappa shape index (κ1) is 18.3.